The molecule has 2 aromatic carbocycles. The lowest BCUT2D eigenvalue weighted by Crippen LogP contribution is -2.41. The summed E-state index contributed by atoms with van der Waals surface area (Å²) < 4.78 is 13.6. The van der Waals surface area contributed by atoms with Crippen LogP contribution < -0.4 is 10.5 Å². The number of hydrogen-bond acceptors (Lipinski definition) is 4. The maximum absolute atomic E-state index is 13.6. The van der Waals surface area contributed by atoms with Gasteiger partial charge in [0.15, 0.2) is 0 Å². The summed E-state index contributed by atoms with van der Waals surface area (Å²) in [5.41, 5.74) is 3.58. The fraction of sp³-hybridized carbons (Fsp3) is 0.379. The molecule has 2 atom stereocenters. The molecule has 1 fully saturated rings. The Bertz CT molecular complexity index is 1240. The van der Waals surface area contributed by atoms with Crippen molar-refractivity contribution in [1.82, 2.24) is 14.9 Å². The van der Waals surface area contributed by atoms with E-state index in [1.807, 2.05) is 12.1 Å². The number of H-pyrrole nitrogens is 1. The lowest BCUT2D eigenvalue weighted by Gasteiger charge is -2.41. The van der Waals surface area contributed by atoms with Gasteiger partial charge in [0.25, 0.3) is 5.56 Å². The van der Waals surface area contributed by atoms with Crippen LogP contribution in [0.3, 0.4) is 0 Å². The van der Waals surface area contributed by atoms with Gasteiger partial charge in [0.05, 0.1) is 0 Å². The molecule has 35 heavy (non-hydrogen) atoms. The average molecular weight is 473 g/mol. The van der Waals surface area contributed by atoms with E-state index >= 15 is 0 Å². The minimum Gasteiger partial charge on any atom is -0.358 e. The van der Waals surface area contributed by atoms with Gasteiger partial charge >= 0.3 is 0 Å². The van der Waals surface area contributed by atoms with E-state index in [2.05, 4.69) is 64.0 Å². The molecule has 5 rings (SSSR count). The number of hydrogen-bond donors (Lipinski definition) is 1. The fourth-order valence-corrected chi connectivity index (χ4v) is 5.50. The van der Waals surface area contributed by atoms with Crippen LogP contribution in [0.5, 0.6) is 0 Å². The van der Waals surface area contributed by atoms with Gasteiger partial charge in [0.1, 0.15) is 17.5 Å². The molecule has 0 amide bonds. The van der Waals surface area contributed by atoms with Gasteiger partial charge in [0.2, 0.25) is 0 Å². The molecule has 0 spiro atoms. The van der Waals surface area contributed by atoms with E-state index in [9.17, 15) is 9.18 Å². The summed E-state index contributed by atoms with van der Waals surface area (Å²) >= 11 is 0. The third-order valence-corrected chi connectivity index (χ3v) is 7.64. The van der Waals surface area contributed by atoms with Crippen molar-refractivity contribution in [2.45, 2.75) is 51.5 Å². The Morgan fingerprint density at radius 2 is 1.83 bits per heavy atom. The normalized spacial score (nSPS) is 19.6. The molecule has 0 bridgehead atoms. The zero-order valence-corrected chi connectivity index (χ0v) is 20.5. The largest absolute Gasteiger partial charge is 0.358 e. The number of allylic oxidation sites excluding steroid dienone is 1. The van der Waals surface area contributed by atoms with Crippen LogP contribution in [0.15, 0.2) is 77.5 Å². The van der Waals surface area contributed by atoms with E-state index in [0.29, 0.717) is 18.4 Å². The molecule has 2 aliphatic rings. The van der Waals surface area contributed by atoms with Crippen molar-refractivity contribution in [3.05, 3.63) is 106 Å². The zero-order chi connectivity index (χ0) is 24.4. The van der Waals surface area contributed by atoms with Gasteiger partial charge in [-0.3, -0.25) is 4.79 Å². The van der Waals surface area contributed by atoms with Crippen LogP contribution in [0.25, 0.3) is 0 Å². The quantitative estimate of drug-likeness (QED) is 0.511. The van der Waals surface area contributed by atoms with Crippen molar-refractivity contribution in [2.24, 2.45) is 5.92 Å². The molecular formula is C29H33FN4O. The first-order chi connectivity index (χ1) is 17.0. The third kappa shape index (κ3) is 5.02. The molecule has 1 aromatic heterocycles. The van der Waals surface area contributed by atoms with Crippen molar-refractivity contribution >= 4 is 5.69 Å². The van der Waals surface area contributed by atoms with Gasteiger partial charge in [-0.15, -0.1) is 0 Å². The van der Waals surface area contributed by atoms with Crippen LogP contribution in [0, 0.1) is 11.7 Å². The Labute approximate surface area is 206 Å². The van der Waals surface area contributed by atoms with Crippen molar-refractivity contribution in [3.63, 3.8) is 0 Å². The minimum atomic E-state index is -0.208. The number of rotatable bonds is 5. The van der Waals surface area contributed by atoms with Crippen molar-refractivity contribution in [2.75, 3.05) is 18.0 Å². The number of nitrogens with one attached hydrogen (secondary N) is 1. The predicted octanol–water partition coefficient (Wildman–Crippen LogP) is 5.78. The molecular weight excluding hydrogens is 439 g/mol. The van der Waals surface area contributed by atoms with Gasteiger partial charge in [-0.25, -0.2) is 9.37 Å². The van der Waals surface area contributed by atoms with Crippen LogP contribution in [0.2, 0.25) is 0 Å². The number of aromatic amines is 1. The van der Waals surface area contributed by atoms with Crippen LogP contribution >= 0.6 is 0 Å². The SMILES string of the molecule is CC1CC=C(N2CCC(C(C)c3nccc(=O)[nH]3)CC2)N(Cc2ccc(F)cc2)c2ccccc21. The minimum absolute atomic E-state index is 0.0906. The van der Waals surface area contributed by atoms with Gasteiger partial charge < -0.3 is 14.8 Å². The van der Waals surface area contributed by atoms with Crippen LogP contribution in [0.4, 0.5) is 10.1 Å². The summed E-state index contributed by atoms with van der Waals surface area (Å²) in [6.07, 6.45) is 7.05. The van der Waals surface area contributed by atoms with E-state index in [1.54, 1.807) is 18.3 Å². The number of para-hydroxylation sites is 1. The first kappa shape index (κ1) is 23.3. The van der Waals surface area contributed by atoms with Crippen molar-refractivity contribution < 1.29 is 4.39 Å². The standard InChI is InChI=1S/C29H33FN4O/c1-20-7-12-28(33-17-14-23(15-18-33)21(2)29-31-16-13-27(35)32-29)34(26-6-4-3-5-25(20)26)19-22-8-10-24(30)11-9-22/h3-6,8-13,16,20-21,23H,7,14-15,17-19H2,1-2H3,(H,31,32,35). The predicted molar refractivity (Wildman–Crippen MR) is 138 cm³/mol. The summed E-state index contributed by atoms with van der Waals surface area (Å²) in [6, 6.07) is 17.0. The van der Waals surface area contributed by atoms with E-state index in [-0.39, 0.29) is 17.3 Å². The lowest BCUT2D eigenvalue weighted by atomic mass is 9.85. The monoisotopic (exact) mass is 472 g/mol. The molecule has 1 saturated heterocycles. The number of aromatic nitrogens is 2. The molecule has 3 heterocycles. The van der Waals surface area contributed by atoms with Crippen LogP contribution in [0.1, 0.15) is 61.9 Å². The van der Waals surface area contributed by atoms with Gasteiger partial charge in [-0.1, -0.05) is 44.2 Å². The lowest BCUT2D eigenvalue weighted by molar-refractivity contribution is 0.201. The second-order valence-electron chi connectivity index (χ2n) is 9.90. The molecule has 6 heteroatoms. The van der Waals surface area contributed by atoms with Crippen LogP contribution in [-0.2, 0) is 6.54 Å². The summed E-state index contributed by atoms with van der Waals surface area (Å²) in [6.45, 7) is 7.06. The first-order valence-electron chi connectivity index (χ1n) is 12.6. The molecule has 2 aliphatic heterocycles. The molecule has 3 aromatic rings. The summed E-state index contributed by atoms with van der Waals surface area (Å²) in [4.78, 5) is 24.0. The van der Waals surface area contributed by atoms with Gasteiger partial charge in [-0.2, -0.15) is 0 Å². The Morgan fingerprint density at radius 1 is 1.09 bits per heavy atom. The maximum atomic E-state index is 13.6. The highest BCUT2D eigenvalue weighted by Gasteiger charge is 2.31. The molecule has 1 N–H and O–H groups in total. The highest BCUT2D eigenvalue weighted by Crippen LogP contribution is 2.39. The smallest absolute Gasteiger partial charge is 0.250 e. The number of benzene rings is 2. The summed E-state index contributed by atoms with van der Waals surface area (Å²) in [7, 11) is 0. The Balaban J connectivity index is 1.39. The number of fused-ring (bicyclic) bond motifs is 1. The fourth-order valence-electron chi connectivity index (χ4n) is 5.50. The Morgan fingerprint density at radius 3 is 2.57 bits per heavy atom. The van der Waals surface area contributed by atoms with E-state index in [1.165, 1.54) is 23.1 Å². The molecule has 0 radical (unpaired) electrons. The second-order valence-corrected chi connectivity index (χ2v) is 9.90. The topological polar surface area (TPSA) is 52.2 Å². The summed E-state index contributed by atoms with van der Waals surface area (Å²) in [5.74, 6) is 2.93. The summed E-state index contributed by atoms with van der Waals surface area (Å²) in [5, 5.41) is 0. The third-order valence-electron chi connectivity index (χ3n) is 7.64. The highest BCUT2D eigenvalue weighted by atomic mass is 19.1. The number of nitrogens with zero attached hydrogens (tertiary/aromatic N) is 3. The number of likely N-dealkylation sites (tertiary alicyclic amines) is 1. The first-order valence-corrected chi connectivity index (χ1v) is 12.6. The van der Waals surface area contributed by atoms with Gasteiger partial charge in [0, 0.05) is 43.5 Å². The van der Waals surface area contributed by atoms with Crippen molar-refractivity contribution in [1.29, 1.82) is 0 Å². The van der Waals surface area contributed by atoms with Gasteiger partial charge in [-0.05, 0) is 66.5 Å². The molecule has 5 nitrogen and oxygen atoms in total. The van der Waals surface area contributed by atoms with E-state index in [4.69, 9.17) is 0 Å². The molecule has 2 unspecified atom stereocenters. The Hall–Kier alpha value is -3.41. The number of anilines is 1. The average Bonchev–Trinajstić information content (AvgIpc) is 3.02. The molecule has 0 saturated carbocycles. The molecule has 0 aliphatic carbocycles. The Kier molecular flexibility index (Phi) is 6.71. The van der Waals surface area contributed by atoms with E-state index < -0.39 is 0 Å². The highest BCUT2D eigenvalue weighted by molar-refractivity contribution is 5.60. The van der Waals surface area contributed by atoms with E-state index in [0.717, 1.165) is 43.7 Å². The zero-order valence-electron chi connectivity index (χ0n) is 20.5. The molecule has 182 valence electrons. The number of halogens is 1. The second kappa shape index (κ2) is 10.1. The van der Waals surface area contributed by atoms with Crippen molar-refractivity contribution in [3.8, 4) is 0 Å². The van der Waals surface area contributed by atoms with Crippen LogP contribution in [-0.4, -0.2) is 28.0 Å². The number of piperidine rings is 1. The maximum Gasteiger partial charge on any atom is 0.250 e.